The number of nitrogens with one attached hydrogen (secondary N) is 4. The van der Waals surface area contributed by atoms with Crippen molar-refractivity contribution in [2.24, 2.45) is 17.8 Å². The molecule has 8 atom stereocenters. The molecule has 4 aromatic heterocycles. The molecule has 298 valence electrons. The molecule has 2 saturated carbocycles. The summed E-state index contributed by atoms with van der Waals surface area (Å²) in [5.74, 6) is 4.54. The lowest BCUT2D eigenvalue weighted by molar-refractivity contribution is -0.137. The molecule has 3 aliphatic heterocycles. The number of fused-ring (bicyclic) bond motifs is 9. The maximum Gasteiger partial charge on any atom is 0.407 e. The zero-order valence-electron chi connectivity index (χ0n) is 32.7. The Morgan fingerprint density at radius 1 is 1.02 bits per heavy atom. The van der Waals surface area contributed by atoms with Crippen LogP contribution in [0.5, 0.6) is 5.75 Å². The first kappa shape index (κ1) is 35.3. The number of alkyl halides is 1. The minimum Gasteiger partial charge on any atom is -0.462 e. The van der Waals surface area contributed by atoms with Gasteiger partial charge in [0.1, 0.15) is 35.4 Å². The van der Waals surface area contributed by atoms with Crippen LogP contribution in [-0.2, 0) is 14.9 Å². The van der Waals surface area contributed by atoms with Crippen LogP contribution in [-0.4, -0.2) is 79.9 Å². The maximum atomic E-state index is 13.9. The minimum absolute atomic E-state index is 0.0349. The molecule has 4 N–H and O–H groups in total. The molecule has 13 nitrogen and oxygen atoms in total. The topological polar surface area (TPSA) is 155 Å². The summed E-state index contributed by atoms with van der Waals surface area (Å²) >= 11 is 0. The summed E-state index contributed by atoms with van der Waals surface area (Å²) in [6.07, 6.45) is 4.06. The molecule has 14 heteroatoms. The Balaban J connectivity index is 0.880. The minimum atomic E-state index is -0.862. The molecule has 2 saturated heterocycles. The number of carbonyl (C=O) groups is 2. The summed E-state index contributed by atoms with van der Waals surface area (Å²) in [5.41, 5.74) is 6.67. The van der Waals surface area contributed by atoms with Gasteiger partial charge in [0.2, 0.25) is 12.1 Å². The third-order valence-corrected chi connectivity index (χ3v) is 13.5. The van der Waals surface area contributed by atoms with Crippen molar-refractivity contribution in [3.63, 3.8) is 0 Å². The van der Waals surface area contributed by atoms with E-state index in [0.717, 1.165) is 80.7 Å². The van der Waals surface area contributed by atoms with Gasteiger partial charge in [-0.3, -0.25) is 9.36 Å². The van der Waals surface area contributed by atoms with Crippen molar-refractivity contribution in [2.45, 2.75) is 76.0 Å². The Hall–Kier alpha value is -5.89. The molecular weight excluding hydrogens is 740 g/mol. The van der Waals surface area contributed by atoms with Gasteiger partial charge in [-0.25, -0.2) is 19.2 Å². The average molecular weight is 785 g/mol. The Labute approximate surface area is 333 Å². The van der Waals surface area contributed by atoms with E-state index in [1.165, 1.54) is 7.11 Å². The Bertz CT molecular complexity index is 2620. The molecule has 3 unspecified atom stereocenters. The summed E-state index contributed by atoms with van der Waals surface area (Å²) < 4.78 is 33.9. The fraction of sp³-hybridized carbons (Fsp3) is 0.409. The smallest absolute Gasteiger partial charge is 0.407 e. The molecule has 0 spiro atoms. The van der Waals surface area contributed by atoms with Gasteiger partial charge in [0.15, 0.2) is 5.76 Å². The Kier molecular flexibility index (Phi) is 7.79. The number of aromatic amines is 2. The van der Waals surface area contributed by atoms with Crippen molar-refractivity contribution < 1.29 is 27.9 Å². The lowest BCUT2D eigenvalue weighted by Crippen LogP contribution is -2.57. The summed E-state index contributed by atoms with van der Waals surface area (Å²) in [7, 11) is 1.31. The normalized spacial score (nSPS) is 27.0. The zero-order chi connectivity index (χ0) is 39.6. The number of aromatic nitrogens is 5. The van der Waals surface area contributed by atoms with Crippen molar-refractivity contribution in [3.8, 4) is 39.5 Å². The number of aryl methyl sites for hydroxylation is 1. The van der Waals surface area contributed by atoms with Crippen LogP contribution in [0, 0.1) is 24.7 Å². The Morgan fingerprint density at radius 2 is 1.83 bits per heavy atom. The van der Waals surface area contributed by atoms with Crippen molar-refractivity contribution in [1.82, 2.24) is 40.0 Å². The number of hydrogen-bond acceptors (Lipinski definition) is 8. The molecule has 58 heavy (non-hydrogen) atoms. The standard InChI is InChI=1S/C44H45FN8O5/c1-21(2)37(51-43(55)56-4)40(54)52-12-11-28-38(52)29-17-44(28,29)42-48-20-32(50-42)24-6-8-27-34-14-25-13-23(31-19-47-39(49-31)30-16-26(45)18-46-30)7-9-33(25)53(34)41(58-36(27)15-24)35-10-5-22(3)57-35/h5-10,13-15,19-21,26,28-30,37-38,41,46H,11-12,16-18H2,1-4H3,(H,47,49)(H,48,50)(H,51,55)/t26-,28?,29?,30+,37+,38+,41?,44+/m1/s1. The molecule has 11 rings (SSSR count). The summed E-state index contributed by atoms with van der Waals surface area (Å²) in [5, 5.41) is 7.01. The number of ether oxygens (including phenoxy) is 2. The van der Waals surface area contributed by atoms with Gasteiger partial charge in [-0.2, -0.15) is 0 Å². The first-order valence-electron chi connectivity index (χ1n) is 20.3. The van der Waals surface area contributed by atoms with Gasteiger partial charge < -0.3 is 39.4 Å². The van der Waals surface area contributed by atoms with Crippen molar-refractivity contribution in [2.75, 3.05) is 20.2 Å². The van der Waals surface area contributed by atoms with Crippen molar-refractivity contribution in [1.29, 1.82) is 0 Å². The highest BCUT2D eigenvalue weighted by molar-refractivity contribution is 5.92. The Morgan fingerprint density at radius 3 is 2.60 bits per heavy atom. The van der Waals surface area contributed by atoms with Gasteiger partial charge in [0, 0.05) is 53.0 Å². The van der Waals surface area contributed by atoms with Crippen LogP contribution in [0.4, 0.5) is 9.18 Å². The number of hydrogen-bond donors (Lipinski definition) is 4. The molecule has 2 aromatic carbocycles. The van der Waals surface area contributed by atoms with Gasteiger partial charge in [-0.15, -0.1) is 0 Å². The summed E-state index contributed by atoms with van der Waals surface area (Å²) in [6.45, 7) is 6.83. The summed E-state index contributed by atoms with van der Waals surface area (Å²) in [4.78, 5) is 44.4. The number of H-pyrrole nitrogens is 2. The van der Waals surface area contributed by atoms with E-state index in [4.69, 9.17) is 18.9 Å². The number of likely N-dealkylation sites (tertiary alicyclic amines) is 1. The monoisotopic (exact) mass is 784 g/mol. The predicted molar refractivity (Wildman–Crippen MR) is 213 cm³/mol. The molecule has 5 aliphatic rings. The number of benzene rings is 2. The van der Waals surface area contributed by atoms with E-state index in [0.29, 0.717) is 37.1 Å². The number of amides is 2. The molecular formula is C44H45FN8O5. The molecule has 4 fully saturated rings. The van der Waals surface area contributed by atoms with Crippen LogP contribution in [0.2, 0.25) is 0 Å². The molecule has 2 amide bonds. The van der Waals surface area contributed by atoms with Crippen LogP contribution in [0.3, 0.4) is 0 Å². The SMILES string of the molecule is COC(=O)N[C@H](C(=O)N1CCC2[C@H]1C1C[C@]21c1ncc(-c2ccc3c(c2)OC(c2ccc(C)o2)n2c-3cc3cc(-c4cnc([C@@H]5C[C@@H](F)CN5)[nH]4)ccc32)[nH]1)C(C)C. The van der Waals surface area contributed by atoms with Gasteiger partial charge in [0.05, 0.1) is 48.1 Å². The summed E-state index contributed by atoms with van der Waals surface area (Å²) in [6, 6.07) is 18.2. The highest BCUT2D eigenvalue weighted by atomic mass is 19.1. The number of alkyl carbamates (subject to hydrolysis) is 1. The molecule has 6 aromatic rings. The van der Waals surface area contributed by atoms with Gasteiger partial charge in [-0.1, -0.05) is 26.0 Å². The molecule has 0 bridgehead atoms. The first-order chi connectivity index (χ1) is 28.1. The van der Waals surface area contributed by atoms with Gasteiger partial charge in [-0.05, 0) is 80.0 Å². The number of carbonyl (C=O) groups excluding carboxylic acids is 2. The second-order valence-corrected chi connectivity index (χ2v) is 17.1. The fourth-order valence-electron chi connectivity index (χ4n) is 10.6. The van der Waals surface area contributed by atoms with E-state index < -0.39 is 24.5 Å². The number of furan rings is 1. The number of nitrogens with zero attached hydrogens (tertiary/aromatic N) is 4. The van der Waals surface area contributed by atoms with Crippen molar-refractivity contribution in [3.05, 3.63) is 90.2 Å². The van der Waals surface area contributed by atoms with E-state index in [1.807, 2.05) is 50.2 Å². The average Bonchev–Trinajstić information content (AvgIpc) is 4.01. The van der Waals surface area contributed by atoms with E-state index >= 15 is 0 Å². The largest absolute Gasteiger partial charge is 0.462 e. The number of halogens is 1. The van der Waals surface area contributed by atoms with E-state index in [1.54, 1.807) is 0 Å². The van der Waals surface area contributed by atoms with E-state index in [2.05, 4.69) is 72.6 Å². The number of methoxy groups -OCH3 is 1. The fourth-order valence-corrected chi connectivity index (χ4v) is 10.6. The van der Waals surface area contributed by atoms with Crippen LogP contribution in [0.15, 0.2) is 71.4 Å². The van der Waals surface area contributed by atoms with Crippen LogP contribution in [0.1, 0.15) is 68.5 Å². The highest BCUT2D eigenvalue weighted by Gasteiger charge is 2.79. The number of rotatable bonds is 8. The maximum absolute atomic E-state index is 13.9. The third-order valence-electron chi connectivity index (χ3n) is 13.5. The molecule has 2 aliphatic carbocycles. The third kappa shape index (κ3) is 5.22. The molecule has 7 heterocycles. The van der Waals surface area contributed by atoms with E-state index in [9.17, 15) is 14.0 Å². The van der Waals surface area contributed by atoms with Crippen LogP contribution >= 0.6 is 0 Å². The number of imidazole rings is 2. The first-order valence-corrected chi connectivity index (χ1v) is 20.3. The van der Waals surface area contributed by atoms with Gasteiger partial charge in [0.25, 0.3) is 0 Å². The lowest BCUT2D eigenvalue weighted by Gasteiger charge is -2.43. The quantitative estimate of drug-likeness (QED) is 0.127. The lowest BCUT2D eigenvalue weighted by atomic mass is 9.68. The predicted octanol–water partition coefficient (Wildman–Crippen LogP) is 7.17. The van der Waals surface area contributed by atoms with Crippen LogP contribution < -0.4 is 15.4 Å². The highest BCUT2D eigenvalue weighted by Crippen LogP contribution is 2.74. The van der Waals surface area contributed by atoms with E-state index in [-0.39, 0.29) is 29.3 Å². The van der Waals surface area contributed by atoms with Gasteiger partial charge >= 0.3 is 6.09 Å². The van der Waals surface area contributed by atoms with Crippen molar-refractivity contribution >= 4 is 22.9 Å². The zero-order valence-corrected chi connectivity index (χ0v) is 32.7. The van der Waals surface area contributed by atoms with Crippen LogP contribution in [0.25, 0.3) is 44.7 Å². The second-order valence-electron chi connectivity index (χ2n) is 17.1. The molecule has 0 radical (unpaired) electrons. The second kappa shape index (κ2) is 12.8.